The van der Waals surface area contributed by atoms with Crippen molar-refractivity contribution < 1.29 is 18.3 Å². The van der Waals surface area contributed by atoms with Gasteiger partial charge in [0.05, 0.1) is 13.2 Å². The normalized spacial score (nSPS) is 11.7. The summed E-state index contributed by atoms with van der Waals surface area (Å²) in [5.74, 6) is 0.922. The van der Waals surface area contributed by atoms with Gasteiger partial charge in [-0.3, -0.25) is 0 Å². The number of ether oxygens (including phenoxy) is 2. The average molecular weight is 435 g/mol. The number of guanidine groups is 1. The minimum absolute atomic E-state index is 0.0409. The van der Waals surface area contributed by atoms with Crippen LogP contribution in [0.25, 0.3) is 0 Å². The second-order valence-electron chi connectivity index (χ2n) is 7.16. The molecule has 170 valence electrons. The Hall–Kier alpha value is -2.87. The summed E-state index contributed by atoms with van der Waals surface area (Å²) >= 11 is 0. The third-order valence-corrected chi connectivity index (χ3v) is 4.30. The van der Waals surface area contributed by atoms with Gasteiger partial charge in [-0.2, -0.15) is 8.78 Å². The van der Waals surface area contributed by atoms with Gasteiger partial charge in [-0.05, 0) is 45.1 Å². The number of rotatable bonds is 11. The molecule has 0 atom stereocenters. The zero-order valence-electron chi connectivity index (χ0n) is 18.6. The number of para-hydroxylation sites is 1. The largest absolute Gasteiger partial charge is 0.490 e. The van der Waals surface area contributed by atoms with Gasteiger partial charge in [-0.25, -0.2) is 4.99 Å². The van der Waals surface area contributed by atoms with Crippen LogP contribution in [0.15, 0.2) is 47.5 Å². The van der Waals surface area contributed by atoms with Crippen LogP contribution in [-0.4, -0.2) is 44.7 Å². The maximum atomic E-state index is 12.9. The number of hydrogen-bond donors (Lipinski definition) is 2. The summed E-state index contributed by atoms with van der Waals surface area (Å²) in [7, 11) is 4.07. The molecule has 6 nitrogen and oxygen atoms in total. The molecule has 2 aromatic rings. The number of nitrogens with one attached hydrogen (secondary N) is 2. The predicted molar refractivity (Wildman–Crippen MR) is 120 cm³/mol. The highest BCUT2D eigenvalue weighted by Crippen LogP contribution is 2.32. The van der Waals surface area contributed by atoms with Crippen molar-refractivity contribution in [3.63, 3.8) is 0 Å². The van der Waals surface area contributed by atoms with Crippen LogP contribution in [0.5, 0.6) is 11.5 Å². The van der Waals surface area contributed by atoms with E-state index in [2.05, 4.69) is 44.8 Å². The molecule has 0 fully saturated rings. The van der Waals surface area contributed by atoms with E-state index in [0.29, 0.717) is 37.0 Å². The highest BCUT2D eigenvalue weighted by atomic mass is 19.3. The third-order valence-electron chi connectivity index (χ3n) is 4.30. The van der Waals surface area contributed by atoms with Crippen molar-refractivity contribution in [1.82, 2.24) is 15.5 Å². The quantitative estimate of drug-likeness (QED) is 0.414. The number of hydrogen-bond acceptors (Lipinski definition) is 4. The van der Waals surface area contributed by atoms with E-state index < -0.39 is 6.61 Å². The van der Waals surface area contributed by atoms with Crippen LogP contribution in [0.2, 0.25) is 0 Å². The fourth-order valence-corrected chi connectivity index (χ4v) is 3.00. The van der Waals surface area contributed by atoms with Crippen LogP contribution in [0.3, 0.4) is 0 Å². The molecular formula is C23H32F2N4O2. The third kappa shape index (κ3) is 8.41. The van der Waals surface area contributed by atoms with Crippen LogP contribution in [0.4, 0.5) is 8.78 Å². The van der Waals surface area contributed by atoms with E-state index in [-0.39, 0.29) is 12.3 Å². The molecule has 0 radical (unpaired) electrons. The second-order valence-corrected chi connectivity index (χ2v) is 7.16. The molecule has 0 amide bonds. The fourth-order valence-electron chi connectivity index (χ4n) is 3.00. The zero-order valence-corrected chi connectivity index (χ0v) is 18.6. The molecule has 0 unspecified atom stereocenters. The van der Waals surface area contributed by atoms with Crippen molar-refractivity contribution in [2.24, 2.45) is 4.99 Å². The maximum Gasteiger partial charge on any atom is 0.387 e. The summed E-state index contributed by atoms with van der Waals surface area (Å²) in [5, 5.41) is 6.35. The molecule has 31 heavy (non-hydrogen) atoms. The number of benzene rings is 2. The van der Waals surface area contributed by atoms with Crippen molar-refractivity contribution in [3.05, 3.63) is 59.2 Å². The van der Waals surface area contributed by atoms with E-state index >= 15 is 0 Å². The van der Waals surface area contributed by atoms with E-state index in [0.717, 1.165) is 12.1 Å². The first-order valence-electron chi connectivity index (χ1n) is 10.4. The first-order chi connectivity index (χ1) is 14.9. The molecule has 0 saturated carbocycles. The Morgan fingerprint density at radius 2 is 1.74 bits per heavy atom. The van der Waals surface area contributed by atoms with Crippen molar-refractivity contribution in [3.8, 4) is 11.5 Å². The minimum Gasteiger partial charge on any atom is -0.490 e. The van der Waals surface area contributed by atoms with Crippen LogP contribution in [0.1, 0.15) is 30.5 Å². The topological polar surface area (TPSA) is 58.1 Å². The van der Waals surface area contributed by atoms with Gasteiger partial charge in [-0.1, -0.05) is 36.4 Å². The maximum absolute atomic E-state index is 12.9. The lowest BCUT2D eigenvalue weighted by molar-refractivity contribution is -0.0520. The van der Waals surface area contributed by atoms with Crippen LogP contribution in [-0.2, 0) is 19.6 Å². The Morgan fingerprint density at radius 1 is 1.03 bits per heavy atom. The van der Waals surface area contributed by atoms with Crippen molar-refractivity contribution in [2.45, 2.75) is 40.1 Å². The molecule has 2 aromatic carbocycles. The molecule has 2 rings (SSSR count). The Balaban J connectivity index is 2.08. The molecule has 0 heterocycles. The number of alkyl halides is 2. The van der Waals surface area contributed by atoms with Crippen molar-refractivity contribution >= 4 is 5.96 Å². The highest BCUT2D eigenvalue weighted by Gasteiger charge is 2.16. The number of aliphatic imine (C=N–C) groups is 1. The number of halogens is 2. The summed E-state index contributed by atoms with van der Waals surface area (Å²) in [6.45, 7) is 3.50. The van der Waals surface area contributed by atoms with Crippen LogP contribution < -0.4 is 20.1 Å². The van der Waals surface area contributed by atoms with Gasteiger partial charge >= 0.3 is 6.61 Å². The molecule has 0 aliphatic carbocycles. The van der Waals surface area contributed by atoms with Crippen LogP contribution in [0, 0.1) is 0 Å². The molecule has 0 aromatic heterocycles. The number of nitrogens with zero attached hydrogens (tertiary/aromatic N) is 2. The molecule has 8 heteroatoms. The molecule has 0 aliphatic heterocycles. The standard InChI is InChI=1S/C23H32F2N4O2/c1-5-26-23(27-14-17-10-12-18(13-11-17)16-29(3)4)28-15-19-8-7-9-20(30-6-2)21(19)31-22(24)25/h7-13,22H,5-6,14-16H2,1-4H3,(H2,26,27,28). The Labute approximate surface area is 183 Å². The summed E-state index contributed by atoms with van der Waals surface area (Å²) in [4.78, 5) is 6.72. The summed E-state index contributed by atoms with van der Waals surface area (Å²) in [6, 6.07) is 13.4. The lowest BCUT2D eigenvalue weighted by atomic mass is 10.1. The molecule has 2 N–H and O–H groups in total. The van der Waals surface area contributed by atoms with Crippen LogP contribution >= 0.6 is 0 Å². The summed E-state index contributed by atoms with van der Waals surface area (Å²) < 4.78 is 36.0. The second kappa shape index (κ2) is 12.7. The summed E-state index contributed by atoms with van der Waals surface area (Å²) in [6.07, 6.45) is 0. The Kier molecular flexibility index (Phi) is 10.0. The van der Waals surface area contributed by atoms with Crippen molar-refractivity contribution in [1.29, 1.82) is 0 Å². The average Bonchev–Trinajstić information content (AvgIpc) is 2.72. The lowest BCUT2D eigenvalue weighted by Crippen LogP contribution is -2.36. The summed E-state index contributed by atoms with van der Waals surface area (Å²) in [5.41, 5.74) is 2.88. The zero-order chi connectivity index (χ0) is 22.6. The van der Waals surface area contributed by atoms with Gasteiger partial charge in [0, 0.05) is 25.2 Å². The van der Waals surface area contributed by atoms with Gasteiger partial charge in [0.15, 0.2) is 17.5 Å². The lowest BCUT2D eigenvalue weighted by Gasteiger charge is -2.17. The van der Waals surface area contributed by atoms with Gasteiger partial charge in [0.25, 0.3) is 0 Å². The fraction of sp³-hybridized carbons (Fsp3) is 0.435. The molecule has 0 aliphatic rings. The molecule has 0 spiro atoms. The van der Waals surface area contributed by atoms with E-state index in [4.69, 9.17) is 9.47 Å². The molecule has 0 saturated heterocycles. The van der Waals surface area contributed by atoms with Gasteiger partial charge in [-0.15, -0.1) is 0 Å². The van der Waals surface area contributed by atoms with E-state index in [9.17, 15) is 8.78 Å². The van der Waals surface area contributed by atoms with Gasteiger partial charge in [0.1, 0.15) is 0 Å². The minimum atomic E-state index is -2.93. The SMILES string of the molecule is CCNC(=NCc1ccc(CN(C)C)cc1)NCc1cccc(OCC)c1OC(F)F. The van der Waals surface area contributed by atoms with Gasteiger partial charge in [0.2, 0.25) is 0 Å². The predicted octanol–water partition coefficient (Wildman–Crippen LogP) is 4.00. The van der Waals surface area contributed by atoms with E-state index in [1.165, 1.54) is 5.56 Å². The van der Waals surface area contributed by atoms with E-state index in [1.54, 1.807) is 25.1 Å². The van der Waals surface area contributed by atoms with E-state index in [1.807, 2.05) is 21.0 Å². The van der Waals surface area contributed by atoms with Gasteiger partial charge < -0.3 is 25.0 Å². The smallest absolute Gasteiger partial charge is 0.387 e. The Morgan fingerprint density at radius 3 is 2.35 bits per heavy atom. The molecular weight excluding hydrogens is 402 g/mol. The Bertz CT molecular complexity index is 827. The highest BCUT2D eigenvalue weighted by molar-refractivity contribution is 5.79. The first-order valence-corrected chi connectivity index (χ1v) is 10.4. The monoisotopic (exact) mass is 434 g/mol. The molecule has 0 bridgehead atoms. The first kappa shape index (κ1) is 24.4. The van der Waals surface area contributed by atoms with Crippen molar-refractivity contribution in [2.75, 3.05) is 27.2 Å².